The lowest BCUT2D eigenvalue weighted by molar-refractivity contribution is -0.119. The van der Waals surface area contributed by atoms with Gasteiger partial charge < -0.3 is 10.2 Å². The van der Waals surface area contributed by atoms with E-state index in [0.717, 1.165) is 35.9 Å². The molecule has 8 heteroatoms. The van der Waals surface area contributed by atoms with E-state index in [-0.39, 0.29) is 28.1 Å². The van der Waals surface area contributed by atoms with Gasteiger partial charge in [-0.05, 0) is 70.1 Å². The van der Waals surface area contributed by atoms with Gasteiger partial charge in [0.05, 0.1) is 15.6 Å². The van der Waals surface area contributed by atoms with Crippen LogP contribution in [0.4, 0.5) is 5.69 Å². The van der Waals surface area contributed by atoms with Crippen LogP contribution < -0.4 is 9.62 Å². The van der Waals surface area contributed by atoms with Crippen molar-refractivity contribution < 1.29 is 13.2 Å². The van der Waals surface area contributed by atoms with Gasteiger partial charge in [-0.2, -0.15) is 0 Å². The maximum atomic E-state index is 13.4. The van der Waals surface area contributed by atoms with E-state index in [0.29, 0.717) is 6.54 Å². The molecule has 2 aromatic carbocycles. The van der Waals surface area contributed by atoms with Crippen LogP contribution in [-0.2, 0) is 14.8 Å². The van der Waals surface area contributed by atoms with Gasteiger partial charge in [-0.1, -0.05) is 54.3 Å². The average Bonchev–Trinajstić information content (AvgIpc) is 3.05. The standard InChI is InChI=1S/C24H32ClN3O3S/c1-20-11-13-21(14-12-20)32(30,31)28(23-10-5-4-9-22(23)25)19-24(29)26-15-8-18-27-16-6-2-3-7-17-27/h4-5,9-14H,2-3,6-8,15-19H2,1H3,(H,26,29). The second kappa shape index (κ2) is 11.7. The summed E-state index contributed by atoms with van der Waals surface area (Å²) < 4.78 is 27.9. The zero-order chi connectivity index (χ0) is 23.0. The third-order valence-corrected chi connectivity index (χ3v) is 7.78. The quantitative estimate of drug-likeness (QED) is 0.549. The fourth-order valence-corrected chi connectivity index (χ4v) is 5.60. The van der Waals surface area contributed by atoms with Crippen molar-refractivity contribution in [2.75, 3.05) is 37.0 Å². The first kappa shape index (κ1) is 24.6. The van der Waals surface area contributed by atoms with Crippen LogP contribution in [0.2, 0.25) is 5.02 Å². The number of likely N-dealkylation sites (tertiary alicyclic amines) is 1. The van der Waals surface area contributed by atoms with Gasteiger partial charge in [-0.25, -0.2) is 8.42 Å². The molecule has 3 rings (SSSR count). The molecule has 1 saturated heterocycles. The van der Waals surface area contributed by atoms with Crippen LogP contribution in [0.15, 0.2) is 53.4 Å². The summed E-state index contributed by atoms with van der Waals surface area (Å²) in [6, 6.07) is 13.2. The van der Waals surface area contributed by atoms with E-state index in [9.17, 15) is 13.2 Å². The summed E-state index contributed by atoms with van der Waals surface area (Å²) in [6.07, 6.45) is 5.88. The lowest BCUT2D eigenvalue weighted by Gasteiger charge is -2.25. The molecule has 0 radical (unpaired) electrons. The molecular formula is C24H32ClN3O3S. The lowest BCUT2D eigenvalue weighted by Crippen LogP contribution is -2.41. The Morgan fingerprint density at radius 1 is 1.03 bits per heavy atom. The van der Waals surface area contributed by atoms with Crippen molar-refractivity contribution in [1.29, 1.82) is 0 Å². The number of benzene rings is 2. The Bertz CT molecular complexity index is 988. The topological polar surface area (TPSA) is 69.7 Å². The van der Waals surface area contributed by atoms with Crippen LogP contribution in [0, 0.1) is 6.92 Å². The number of sulfonamides is 1. The summed E-state index contributed by atoms with van der Waals surface area (Å²) in [4.78, 5) is 15.3. The lowest BCUT2D eigenvalue weighted by atomic mass is 10.2. The minimum absolute atomic E-state index is 0.122. The summed E-state index contributed by atoms with van der Waals surface area (Å²) in [5.41, 5.74) is 1.24. The molecule has 1 aliphatic heterocycles. The highest BCUT2D eigenvalue weighted by atomic mass is 35.5. The van der Waals surface area contributed by atoms with Gasteiger partial charge >= 0.3 is 0 Å². The van der Waals surface area contributed by atoms with E-state index in [4.69, 9.17) is 11.6 Å². The molecule has 0 saturated carbocycles. The van der Waals surface area contributed by atoms with Crippen molar-refractivity contribution in [3.8, 4) is 0 Å². The minimum Gasteiger partial charge on any atom is -0.354 e. The SMILES string of the molecule is Cc1ccc(S(=O)(=O)N(CC(=O)NCCCN2CCCCCC2)c2ccccc2Cl)cc1. The maximum absolute atomic E-state index is 13.4. The molecule has 0 aliphatic carbocycles. The Labute approximate surface area is 196 Å². The Morgan fingerprint density at radius 3 is 2.34 bits per heavy atom. The number of hydrogen-bond acceptors (Lipinski definition) is 4. The number of halogens is 1. The second-order valence-corrected chi connectivity index (χ2v) is 10.5. The Balaban J connectivity index is 1.67. The zero-order valence-electron chi connectivity index (χ0n) is 18.6. The molecule has 32 heavy (non-hydrogen) atoms. The highest BCUT2D eigenvalue weighted by Crippen LogP contribution is 2.30. The van der Waals surface area contributed by atoms with Crippen molar-refractivity contribution in [3.05, 3.63) is 59.1 Å². The van der Waals surface area contributed by atoms with Gasteiger partial charge in [0.25, 0.3) is 10.0 Å². The first-order chi connectivity index (χ1) is 15.4. The van der Waals surface area contributed by atoms with E-state index < -0.39 is 10.0 Å². The molecule has 0 unspecified atom stereocenters. The van der Waals surface area contributed by atoms with Crippen LogP contribution in [0.5, 0.6) is 0 Å². The van der Waals surface area contributed by atoms with E-state index >= 15 is 0 Å². The maximum Gasteiger partial charge on any atom is 0.264 e. The van der Waals surface area contributed by atoms with E-state index in [1.54, 1.807) is 48.5 Å². The number of anilines is 1. The molecule has 0 atom stereocenters. The Hall–Kier alpha value is -2.09. The fraction of sp³-hybridized carbons (Fsp3) is 0.458. The normalized spacial score (nSPS) is 15.2. The zero-order valence-corrected chi connectivity index (χ0v) is 20.2. The van der Waals surface area contributed by atoms with E-state index in [1.165, 1.54) is 25.7 Å². The monoisotopic (exact) mass is 477 g/mol. The summed E-state index contributed by atoms with van der Waals surface area (Å²) in [5, 5.41) is 3.15. The molecule has 1 N–H and O–H groups in total. The highest BCUT2D eigenvalue weighted by molar-refractivity contribution is 7.92. The average molecular weight is 478 g/mol. The predicted molar refractivity (Wildman–Crippen MR) is 130 cm³/mol. The number of nitrogens with zero attached hydrogens (tertiary/aromatic N) is 2. The molecule has 1 aliphatic rings. The first-order valence-corrected chi connectivity index (χ1v) is 13.0. The summed E-state index contributed by atoms with van der Waals surface area (Å²) in [6.45, 7) is 5.24. The summed E-state index contributed by atoms with van der Waals surface area (Å²) in [7, 11) is -3.96. The van der Waals surface area contributed by atoms with Crippen LogP contribution in [0.25, 0.3) is 0 Å². The van der Waals surface area contributed by atoms with E-state index in [1.807, 2.05) is 6.92 Å². The number of amides is 1. The van der Waals surface area contributed by atoms with E-state index in [2.05, 4.69) is 10.2 Å². The van der Waals surface area contributed by atoms with Crippen LogP contribution in [0.3, 0.4) is 0 Å². The predicted octanol–water partition coefficient (Wildman–Crippen LogP) is 4.23. The molecule has 1 fully saturated rings. The van der Waals surface area contributed by atoms with Crippen LogP contribution >= 0.6 is 11.6 Å². The number of nitrogens with one attached hydrogen (secondary N) is 1. The third-order valence-electron chi connectivity index (χ3n) is 5.69. The number of carbonyl (C=O) groups is 1. The van der Waals surface area contributed by atoms with Crippen molar-refractivity contribution in [3.63, 3.8) is 0 Å². The number of para-hydroxylation sites is 1. The minimum atomic E-state index is -3.96. The molecular weight excluding hydrogens is 446 g/mol. The smallest absolute Gasteiger partial charge is 0.264 e. The number of aryl methyl sites for hydroxylation is 1. The molecule has 0 spiro atoms. The van der Waals surface area contributed by atoms with Gasteiger partial charge in [-0.3, -0.25) is 9.10 Å². The van der Waals surface area contributed by atoms with Gasteiger partial charge in [0.1, 0.15) is 6.54 Å². The number of rotatable bonds is 9. The number of hydrogen-bond donors (Lipinski definition) is 1. The van der Waals surface area contributed by atoms with Crippen molar-refractivity contribution in [1.82, 2.24) is 10.2 Å². The van der Waals surface area contributed by atoms with Gasteiger partial charge in [0.2, 0.25) is 5.91 Å². The summed E-state index contributed by atoms with van der Waals surface area (Å²) >= 11 is 6.30. The molecule has 0 aromatic heterocycles. The summed E-state index contributed by atoms with van der Waals surface area (Å²) in [5.74, 6) is -0.350. The van der Waals surface area contributed by atoms with Crippen LogP contribution in [-0.4, -0.2) is 51.9 Å². The Morgan fingerprint density at radius 2 is 1.69 bits per heavy atom. The molecule has 2 aromatic rings. The second-order valence-electron chi connectivity index (χ2n) is 8.24. The fourth-order valence-electron chi connectivity index (χ4n) is 3.87. The Kier molecular flexibility index (Phi) is 8.96. The molecule has 1 amide bonds. The van der Waals surface area contributed by atoms with Gasteiger partial charge in [0, 0.05) is 6.54 Å². The van der Waals surface area contributed by atoms with Crippen LogP contribution in [0.1, 0.15) is 37.7 Å². The molecule has 6 nitrogen and oxygen atoms in total. The third kappa shape index (κ3) is 6.70. The van der Waals surface area contributed by atoms with Crippen molar-refractivity contribution in [2.24, 2.45) is 0 Å². The highest BCUT2D eigenvalue weighted by Gasteiger charge is 2.28. The van der Waals surface area contributed by atoms with Gasteiger partial charge in [0.15, 0.2) is 0 Å². The van der Waals surface area contributed by atoms with Crippen molar-refractivity contribution in [2.45, 2.75) is 43.9 Å². The molecule has 1 heterocycles. The first-order valence-electron chi connectivity index (χ1n) is 11.2. The number of carbonyl (C=O) groups excluding carboxylic acids is 1. The van der Waals surface area contributed by atoms with Gasteiger partial charge in [-0.15, -0.1) is 0 Å². The largest absolute Gasteiger partial charge is 0.354 e. The molecule has 174 valence electrons. The molecule has 0 bridgehead atoms. The van der Waals surface area contributed by atoms with Crippen molar-refractivity contribution >= 4 is 33.2 Å².